The monoisotopic (exact) mass is 339 g/mol. The summed E-state index contributed by atoms with van der Waals surface area (Å²) in [5.41, 5.74) is 2.20. The largest absolute Gasteiger partial charge is 0.348 e. The van der Waals surface area contributed by atoms with Gasteiger partial charge in [-0.3, -0.25) is 0 Å². The maximum atomic E-state index is 5.91. The summed E-state index contributed by atoms with van der Waals surface area (Å²) in [5, 5.41) is 5.00. The van der Waals surface area contributed by atoms with Crippen molar-refractivity contribution in [3.05, 3.63) is 38.5 Å². The predicted octanol–water partition coefficient (Wildman–Crippen LogP) is 5.15. The van der Waals surface area contributed by atoms with Gasteiger partial charge >= 0.3 is 0 Å². The van der Waals surface area contributed by atoms with Crippen molar-refractivity contribution < 1.29 is 4.52 Å². The Hall–Kier alpha value is -0.220. The topological polar surface area (TPSA) is 26.0 Å². The molecule has 0 bridgehead atoms. The van der Waals surface area contributed by atoms with Crippen LogP contribution in [0.3, 0.4) is 0 Å². The number of benzene rings is 1. The molecular weight excluding hydrogens is 336 g/mol. The highest BCUT2D eigenvalue weighted by atomic mass is 79.9. The molecule has 0 saturated heterocycles. The van der Waals surface area contributed by atoms with Crippen molar-refractivity contribution >= 4 is 50.7 Å². The first-order valence-electron chi connectivity index (χ1n) is 4.28. The second-order valence-corrected chi connectivity index (χ2v) is 4.94. The van der Waals surface area contributed by atoms with E-state index in [9.17, 15) is 0 Å². The molecule has 1 aromatic carbocycles. The second-order valence-electron chi connectivity index (χ2n) is 3.08. The number of nitrogens with zero attached hydrogens (tertiary/aromatic N) is 1. The van der Waals surface area contributed by atoms with Crippen molar-refractivity contribution in [2.75, 3.05) is 0 Å². The van der Waals surface area contributed by atoms with Gasteiger partial charge in [-0.15, -0.1) is 11.6 Å². The van der Waals surface area contributed by atoms with Crippen molar-refractivity contribution in [2.45, 2.75) is 5.88 Å². The van der Waals surface area contributed by atoms with Crippen LogP contribution in [0.25, 0.3) is 11.3 Å². The fraction of sp³-hybridized carbons (Fsp3) is 0.100. The first kappa shape index (κ1) is 12.2. The fourth-order valence-corrected chi connectivity index (χ4v) is 2.66. The SMILES string of the molecule is ClCc1c(-c2cc(Cl)cc(Cl)c2)noc1Br. The molecule has 2 nitrogen and oxygen atoms in total. The lowest BCUT2D eigenvalue weighted by molar-refractivity contribution is 0.401. The van der Waals surface area contributed by atoms with Crippen LogP contribution in [-0.2, 0) is 5.88 Å². The molecule has 0 amide bonds. The standard InChI is InChI=1S/C10H5BrCl3NO/c11-10-8(4-12)9(15-16-10)5-1-6(13)3-7(14)2-5/h1-3H,4H2. The van der Waals surface area contributed by atoms with Crippen molar-refractivity contribution in [1.82, 2.24) is 5.16 Å². The summed E-state index contributed by atoms with van der Waals surface area (Å²) in [4.78, 5) is 0. The van der Waals surface area contributed by atoms with E-state index in [4.69, 9.17) is 39.3 Å². The Morgan fingerprint density at radius 1 is 1.19 bits per heavy atom. The molecule has 0 aliphatic rings. The summed E-state index contributed by atoms with van der Waals surface area (Å²) in [7, 11) is 0. The Bertz CT molecular complexity index is 507. The van der Waals surface area contributed by atoms with Gasteiger partial charge in [0.25, 0.3) is 0 Å². The number of hydrogen-bond donors (Lipinski definition) is 0. The summed E-state index contributed by atoms with van der Waals surface area (Å²) < 4.78 is 5.54. The molecule has 0 aliphatic heterocycles. The van der Waals surface area contributed by atoms with Gasteiger partial charge in [-0.2, -0.15) is 0 Å². The maximum absolute atomic E-state index is 5.91. The first-order chi connectivity index (χ1) is 7.61. The van der Waals surface area contributed by atoms with Crippen molar-refractivity contribution in [3.63, 3.8) is 0 Å². The van der Waals surface area contributed by atoms with Gasteiger partial charge in [0.05, 0.1) is 5.88 Å². The first-order valence-corrected chi connectivity index (χ1v) is 6.36. The Labute approximate surface area is 116 Å². The van der Waals surface area contributed by atoms with E-state index in [-0.39, 0.29) is 0 Å². The number of aromatic nitrogens is 1. The molecule has 0 saturated carbocycles. The number of rotatable bonds is 2. The molecular formula is C10H5BrCl3NO. The van der Waals surface area contributed by atoms with E-state index in [0.717, 1.165) is 11.1 Å². The molecule has 6 heteroatoms. The zero-order valence-corrected chi connectivity index (χ0v) is 11.7. The second kappa shape index (κ2) is 4.96. The zero-order chi connectivity index (χ0) is 11.7. The highest BCUT2D eigenvalue weighted by molar-refractivity contribution is 9.10. The highest BCUT2D eigenvalue weighted by Gasteiger charge is 2.15. The van der Waals surface area contributed by atoms with Crippen LogP contribution < -0.4 is 0 Å². The van der Waals surface area contributed by atoms with Gasteiger partial charge in [0.15, 0.2) is 0 Å². The van der Waals surface area contributed by atoms with E-state index in [1.165, 1.54) is 0 Å². The Morgan fingerprint density at radius 2 is 1.81 bits per heavy atom. The maximum Gasteiger partial charge on any atom is 0.206 e. The highest BCUT2D eigenvalue weighted by Crippen LogP contribution is 2.33. The van der Waals surface area contributed by atoms with E-state index in [1.807, 2.05) is 0 Å². The molecule has 0 spiro atoms. The molecule has 0 fully saturated rings. The molecule has 1 aromatic heterocycles. The Morgan fingerprint density at radius 3 is 2.38 bits per heavy atom. The lowest BCUT2D eigenvalue weighted by atomic mass is 10.1. The molecule has 2 rings (SSSR count). The van der Waals surface area contributed by atoms with Crippen LogP contribution in [0.5, 0.6) is 0 Å². The van der Waals surface area contributed by atoms with E-state index < -0.39 is 0 Å². The quantitative estimate of drug-likeness (QED) is 0.706. The van der Waals surface area contributed by atoms with Gasteiger partial charge < -0.3 is 4.52 Å². The van der Waals surface area contributed by atoms with Gasteiger partial charge in [0.2, 0.25) is 4.67 Å². The van der Waals surface area contributed by atoms with E-state index in [2.05, 4.69) is 21.1 Å². The van der Waals surface area contributed by atoms with Gasteiger partial charge in [-0.05, 0) is 34.1 Å². The van der Waals surface area contributed by atoms with Crippen LogP contribution in [0.15, 0.2) is 27.4 Å². The summed E-state index contributed by atoms with van der Waals surface area (Å²) in [6, 6.07) is 5.17. The van der Waals surface area contributed by atoms with Crippen molar-refractivity contribution in [3.8, 4) is 11.3 Å². The van der Waals surface area contributed by atoms with Gasteiger partial charge in [-0.1, -0.05) is 28.4 Å². The smallest absolute Gasteiger partial charge is 0.206 e. The van der Waals surface area contributed by atoms with Crippen molar-refractivity contribution in [2.24, 2.45) is 0 Å². The third-order valence-corrected chi connectivity index (χ3v) is 3.34. The molecule has 0 unspecified atom stereocenters. The zero-order valence-electron chi connectivity index (χ0n) is 7.81. The lowest BCUT2D eigenvalue weighted by Gasteiger charge is -2.00. The summed E-state index contributed by atoms with van der Waals surface area (Å²) in [5.74, 6) is 0.295. The summed E-state index contributed by atoms with van der Waals surface area (Å²) >= 11 is 20.9. The van der Waals surface area contributed by atoms with Crippen molar-refractivity contribution in [1.29, 1.82) is 0 Å². The van der Waals surface area contributed by atoms with Crippen LogP contribution in [0, 0.1) is 0 Å². The van der Waals surface area contributed by atoms with E-state index in [0.29, 0.717) is 26.3 Å². The summed E-state index contributed by atoms with van der Waals surface area (Å²) in [6.07, 6.45) is 0. The van der Waals surface area contributed by atoms with E-state index in [1.54, 1.807) is 18.2 Å². The van der Waals surface area contributed by atoms with Crippen LogP contribution in [-0.4, -0.2) is 5.16 Å². The third kappa shape index (κ3) is 2.38. The van der Waals surface area contributed by atoms with E-state index >= 15 is 0 Å². The minimum absolute atomic E-state index is 0.295. The van der Waals surface area contributed by atoms with Crippen LogP contribution in [0.4, 0.5) is 0 Å². The molecule has 0 radical (unpaired) electrons. The van der Waals surface area contributed by atoms with Gasteiger partial charge in [0, 0.05) is 21.2 Å². The van der Waals surface area contributed by atoms with Crippen LogP contribution >= 0.6 is 50.7 Å². The molecule has 1 heterocycles. The minimum Gasteiger partial charge on any atom is -0.348 e. The molecule has 0 atom stereocenters. The predicted molar refractivity (Wildman–Crippen MR) is 69.2 cm³/mol. The third-order valence-electron chi connectivity index (χ3n) is 2.01. The lowest BCUT2D eigenvalue weighted by Crippen LogP contribution is -1.84. The molecule has 2 aromatic rings. The number of halogens is 4. The number of alkyl halides is 1. The van der Waals surface area contributed by atoms with Gasteiger partial charge in [-0.25, -0.2) is 0 Å². The number of hydrogen-bond acceptors (Lipinski definition) is 2. The van der Waals surface area contributed by atoms with Crippen LogP contribution in [0.1, 0.15) is 5.56 Å². The molecule has 84 valence electrons. The molecule has 0 N–H and O–H groups in total. The summed E-state index contributed by atoms with van der Waals surface area (Å²) in [6.45, 7) is 0. The average molecular weight is 341 g/mol. The normalized spacial score (nSPS) is 10.8. The molecule has 16 heavy (non-hydrogen) atoms. The van der Waals surface area contributed by atoms with Crippen LogP contribution in [0.2, 0.25) is 10.0 Å². The average Bonchev–Trinajstić information content (AvgIpc) is 2.58. The molecule has 0 aliphatic carbocycles. The van der Waals surface area contributed by atoms with Gasteiger partial charge in [0.1, 0.15) is 5.69 Å². The fourth-order valence-electron chi connectivity index (χ4n) is 1.32. The Kier molecular flexibility index (Phi) is 3.80. The minimum atomic E-state index is 0.295. The Balaban J connectivity index is 2.58.